The van der Waals surface area contributed by atoms with Gasteiger partial charge in [-0.3, -0.25) is 9.48 Å². The van der Waals surface area contributed by atoms with Gasteiger partial charge in [0.1, 0.15) is 0 Å². The Bertz CT molecular complexity index is 825. The number of ether oxygens (including phenoxy) is 1. The molecule has 138 valence electrons. The zero-order valence-corrected chi connectivity index (χ0v) is 16.4. The number of nitrogens with one attached hydrogen (secondary N) is 1. The van der Waals surface area contributed by atoms with Crippen molar-refractivity contribution in [1.82, 2.24) is 9.78 Å². The number of rotatable bonds is 6. The van der Waals surface area contributed by atoms with E-state index in [1.54, 1.807) is 29.6 Å². The maximum Gasteiger partial charge on any atom is 0.331 e. The largest absolute Gasteiger partial charge is 0.449 e. The minimum Gasteiger partial charge on any atom is -0.449 e. The Morgan fingerprint density at radius 3 is 2.46 bits per heavy atom. The molecule has 0 saturated heterocycles. The Hall–Kier alpha value is -2.54. The molecule has 0 unspecified atom stereocenters. The Balaban J connectivity index is 1.92. The number of thioether (sulfide) groups is 1. The van der Waals surface area contributed by atoms with Gasteiger partial charge in [-0.1, -0.05) is 12.1 Å². The van der Waals surface area contributed by atoms with Gasteiger partial charge in [-0.15, -0.1) is 11.8 Å². The third-order valence-corrected chi connectivity index (χ3v) is 4.69. The maximum absolute atomic E-state index is 12.3. The predicted molar refractivity (Wildman–Crippen MR) is 104 cm³/mol. The van der Waals surface area contributed by atoms with Crippen molar-refractivity contribution in [2.24, 2.45) is 7.05 Å². The van der Waals surface area contributed by atoms with Crippen LogP contribution in [0.4, 0.5) is 5.69 Å². The molecule has 1 atom stereocenters. The SMILES string of the molecule is CSc1ccc(/C=C/C(=O)O[C@H](C)C(=O)Nc2c(C)nn(C)c2C)cc1. The molecule has 0 saturated carbocycles. The van der Waals surface area contributed by atoms with E-state index in [2.05, 4.69) is 10.4 Å². The van der Waals surface area contributed by atoms with Crippen LogP contribution in [0.15, 0.2) is 35.2 Å². The van der Waals surface area contributed by atoms with Gasteiger partial charge < -0.3 is 10.1 Å². The highest BCUT2D eigenvalue weighted by atomic mass is 32.2. The lowest BCUT2D eigenvalue weighted by Crippen LogP contribution is -2.29. The standard InChI is InChI=1S/C19H23N3O3S/c1-12-18(13(2)22(4)21-12)20-19(24)14(3)25-17(23)11-8-15-6-9-16(26-5)10-7-15/h6-11,14H,1-5H3,(H,20,24)/b11-8+/t14-/m1/s1. The summed E-state index contributed by atoms with van der Waals surface area (Å²) in [5, 5.41) is 7.01. The number of anilines is 1. The Morgan fingerprint density at radius 1 is 1.27 bits per heavy atom. The fourth-order valence-electron chi connectivity index (χ4n) is 2.33. The summed E-state index contributed by atoms with van der Waals surface area (Å²) in [6, 6.07) is 7.79. The number of hydrogen-bond acceptors (Lipinski definition) is 5. The molecule has 1 aromatic carbocycles. The van der Waals surface area contributed by atoms with Crippen LogP contribution in [0.25, 0.3) is 6.08 Å². The maximum atomic E-state index is 12.3. The van der Waals surface area contributed by atoms with Gasteiger partial charge in [0.25, 0.3) is 5.91 Å². The van der Waals surface area contributed by atoms with Crippen LogP contribution in [0.3, 0.4) is 0 Å². The molecule has 26 heavy (non-hydrogen) atoms. The summed E-state index contributed by atoms with van der Waals surface area (Å²) in [7, 11) is 1.80. The van der Waals surface area contributed by atoms with Crippen LogP contribution in [-0.4, -0.2) is 34.0 Å². The number of carbonyl (C=O) groups excluding carboxylic acids is 2. The molecular formula is C19H23N3O3S. The third-order valence-electron chi connectivity index (χ3n) is 3.95. The molecule has 0 bridgehead atoms. The molecule has 1 heterocycles. The second-order valence-electron chi connectivity index (χ2n) is 5.84. The van der Waals surface area contributed by atoms with Crippen LogP contribution in [0, 0.1) is 13.8 Å². The summed E-state index contributed by atoms with van der Waals surface area (Å²) in [6.07, 6.45) is 4.07. The summed E-state index contributed by atoms with van der Waals surface area (Å²) in [4.78, 5) is 25.3. The van der Waals surface area contributed by atoms with Crippen molar-refractivity contribution in [2.75, 3.05) is 11.6 Å². The lowest BCUT2D eigenvalue weighted by Gasteiger charge is -2.12. The molecule has 6 nitrogen and oxygen atoms in total. The van der Waals surface area contributed by atoms with Crippen LogP contribution in [0.2, 0.25) is 0 Å². The van der Waals surface area contributed by atoms with Crippen LogP contribution >= 0.6 is 11.8 Å². The van der Waals surface area contributed by atoms with E-state index in [1.165, 1.54) is 13.0 Å². The predicted octanol–water partition coefficient (Wildman–Crippen LogP) is 3.34. The summed E-state index contributed by atoms with van der Waals surface area (Å²) in [5.74, 6) is -0.962. The fourth-order valence-corrected chi connectivity index (χ4v) is 2.73. The third kappa shape index (κ3) is 4.98. The first-order chi connectivity index (χ1) is 12.3. The molecule has 7 heteroatoms. The molecular weight excluding hydrogens is 350 g/mol. The van der Waals surface area contributed by atoms with Crippen molar-refractivity contribution in [1.29, 1.82) is 0 Å². The second-order valence-corrected chi connectivity index (χ2v) is 6.72. The fraction of sp³-hybridized carbons (Fsp3) is 0.316. The molecule has 1 N–H and O–H groups in total. The molecule has 0 radical (unpaired) electrons. The molecule has 0 aliphatic rings. The Kier molecular flexibility index (Phi) is 6.63. The minimum absolute atomic E-state index is 0.393. The smallest absolute Gasteiger partial charge is 0.331 e. The molecule has 0 spiro atoms. The average Bonchev–Trinajstić information content (AvgIpc) is 2.86. The molecule has 1 amide bonds. The second kappa shape index (κ2) is 8.71. The lowest BCUT2D eigenvalue weighted by molar-refractivity contribution is -0.148. The highest BCUT2D eigenvalue weighted by molar-refractivity contribution is 7.98. The van der Waals surface area contributed by atoms with Crippen LogP contribution in [-0.2, 0) is 21.4 Å². The zero-order valence-electron chi connectivity index (χ0n) is 15.6. The molecule has 0 aliphatic carbocycles. The number of aromatic nitrogens is 2. The topological polar surface area (TPSA) is 73.2 Å². The molecule has 1 aromatic heterocycles. The summed E-state index contributed by atoms with van der Waals surface area (Å²) < 4.78 is 6.86. The zero-order chi connectivity index (χ0) is 19.3. The van der Waals surface area contributed by atoms with Crippen molar-refractivity contribution < 1.29 is 14.3 Å². The van der Waals surface area contributed by atoms with Crippen LogP contribution in [0.5, 0.6) is 0 Å². The average molecular weight is 373 g/mol. The van der Waals surface area contributed by atoms with Crippen molar-refractivity contribution >= 4 is 35.4 Å². The van der Waals surface area contributed by atoms with Crippen LogP contribution in [0.1, 0.15) is 23.9 Å². The summed E-state index contributed by atoms with van der Waals surface area (Å²) >= 11 is 1.65. The van der Waals surface area contributed by atoms with Crippen molar-refractivity contribution in [3.63, 3.8) is 0 Å². The van der Waals surface area contributed by atoms with E-state index in [-0.39, 0.29) is 0 Å². The van der Waals surface area contributed by atoms with E-state index < -0.39 is 18.0 Å². The molecule has 0 aliphatic heterocycles. The van der Waals surface area contributed by atoms with Gasteiger partial charge in [-0.05, 0) is 50.8 Å². The number of carbonyl (C=O) groups is 2. The first-order valence-electron chi connectivity index (χ1n) is 8.15. The van der Waals surface area contributed by atoms with Crippen molar-refractivity contribution in [2.45, 2.75) is 31.8 Å². The quantitative estimate of drug-likeness (QED) is 0.478. The monoisotopic (exact) mass is 373 g/mol. The number of aryl methyl sites for hydroxylation is 2. The lowest BCUT2D eigenvalue weighted by atomic mass is 10.2. The number of hydrogen-bond donors (Lipinski definition) is 1. The normalized spacial score (nSPS) is 12.2. The van der Waals surface area contributed by atoms with Gasteiger partial charge in [-0.25, -0.2) is 4.79 Å². The van der Waals surface area contributed by atoms with E-state index in [9.17, 15) is 9.59 Å². The van der Waals surface area contributed by atoms with Crippen molar-refractivity contribution in [3.8, 4) is 0 Å². The van der Waals surface area contributed by atoms with E-state index in [1.807, 2.05) is 44.4 Å². The highest BCUT2D eigenvalue weighted by Gasteiger charge is 2.20. The molecule has 2 rings (SSSR count). The first kappa shape index (κ1) is 19.8. The Labute approximate surface area is 157 Å². The van der Waals surface area contributed by atoms with E-state index in [0.717, 1.165) is 16.2 Å². The van der Waals surface area contributed by atoms with Gasteiger partial charge in [0, 0.05) is 18.0 Å². The summed E-state index contributed by atoms with van der Waals surface area (Å²) in [5.41, 5.74) is 3.08. The number of esters is 1. The number of nitrogens with zero attached hydrogens (tertiary/aromatic N) is 2. The van der Waals surface area contributed by atoms with Gasteiger partial charge in [0.05, 0.1) is 17.1 Å². The van der Waals surface area contributed by atoms with Gasteiger partial charge >= 0.3 is 5.97 Å². The summed E-state index contributed by atoms with van der Waals surface area (Å²) in [6.45, 7) is 5.21. The van der Waals surface area contributed by atoms with Crippen molar-refractivity contribution in [3.05, 3.63) is 47.3 Å². The minimum atomic E-state index is -0.912. The molecule has 2 aromatic rings. The Morgan fingerprint density at radius 2 is 1.92 bits per heavy atom. The molecule has 0 fully saturated rings. The number of benzene rings is 1. The highest BCUT2D eigenvalue weighted by Crippen LogP contribution is 2.19. The van der Waals surface area contributed by atoms with E-state index in [4.69, 9.17) is 4.74 Å². The van der Waals surface area contributed by atoms with Gasteiger partial charge in [-0.2, -0.15) is 5.10 Å². The van der Waals surface area contributed by atoms with E-state index in [0.29, 0.717) is 11.4 Å². The number of amides is 1. The van der Waals surface area contributed by atoms with Crippen LogP contribution < -0.4 is 5.32 Å². The van der Waals surface area contributed by atoms with Gasteiger partial charge in [0.2, 0.25) is 0 Å². The first-order valence-corrected chi connectivity index (χ1v) is 9.38. The van der Waals surface area contributed by atoms with Gasteiger partial charge in [0.15, 0.2) is 6.10 Å². The van der Waals surface area contributed by atoms with E-state index >= 15 is 0 Å².